The summed E-state index contributed by atoms with van der Waals surface area (Å²) in [7, 11) is 0. The van der Waals surface area contributed by atoms with Crippen LogP contribution in [0.2, 0.25) is 0 Å². The van der Waals surface area contributed by atoms with Crippen molar-refractivity contribution in [3.8, 4) is 0 Å². The molecule has 3 aliphatic rings. The molecule has 0 radical (unpaired) electrons. The van der Waals surface area contributed by atoms with Crippen molar-refractivity contribution < 1.29 is 14.3 Å². The predicted molar refractivity (Wildman–Crippen MR) is 98.6 cm³/mol. The van der Waals surface area contributed by atoms with E-state index in [0.717, 1.165) is 51.1 Å². The second-order valence-corrected chi connectivity index (χ2v) is 8.11. The minimum Gasteiger partial charge on any atom is -0.381 e. The van der Waals surface area contributed by atoms with Crippen molar-refractivity contribution in [1.82, 2.24) is 20.2 Å². The van der Waals surface area contributed by atoms with Gasteiger partial charge in [0.2, 0.25) is 11.8 Å². The van der Waals surface area contributed by atoms with Crippen LogP contribution in [0.1, 0.15) is 37.8 Å². The summed E-state index contributed by atoms with van der Waals surface area (Å²) in [5.41, 5.74) is 0.628. The van der Waals surface area contributed by atoms with Crippen LogP contribution in [0.4, 0.5) is 0 Å². The Morgan fingerprint density at radius 2 is 2.15 bits per heavy atom. The molecule has 3 fully saturated rings. The van der Waals surface area contributed by atoms with E-state index in [0.29, 0.717) is 37.8 Å². The first kappa shape index (κ1) is 18.3. The number of hydrogen-bond donors (Lipinski definition) is 1. The van der Waals surface area contributed by atoms with Crippen LogP contribution in [0, 0.1) is 17.3 Å². The molecule has 2 atom stereocenters. The molecule has 1 aliphatic carbocycles. The highest BCUT2D eigenvalue weighted by molar-refractivity contribution is 5.87. The quantitative estimate of drug-likeness (QED) is 0.811. The van der Waals surface area contributed by atoms with E-state index in [2.05, 4.69) is 15.3 Å². The zero-order valence-electron chi connectivity index (χ0n) is 15.7. The number of fused-ring (bicyclic) bond motifs is 1. The molecule has 0 aromatic carbocycles. The van der Waals surface area contributed by atoms with Gasteiger partial charge in [-0.2, -0.15) is 0 Å². The third-order valence-electron chi connectivity index (χ3n) is 6.41. The normalized spacial score (nSPS) is 27.7. The number of rotatable bonds is 6. The summed E-state index contributed by atoms with van der Waals surface area (Å²) in [6, 6.07) is 0. The lowest BCUT2D eigenvalue weighted by atomic mass is 9.93. The average Bonchev–Trinajstić information content (AvgIpc) is 3.47. The Morgan fingerprint density at radius 1 is 1.30 bits per heavy atom. The highest BCUT2D eigenvalue weighted by Crippen LogP contribution is 2.58. The van der Waals surface area contributed by atoms with Gasteiger partial charge in [0.05, 0.1) is 11.1 Å². The largest absolute Gasteiger partial charge is 0.381 e. The lowest BCUT2D eigenvalue weighted by Gasteiger charge is -2.31. The van der Waals surface area contributed by atoms with E-state index >= 15 is 0 Å². The van der Waals surface area contributed by atoms with Crippen molar-refractivity contribution >= 4 is 11.8 Å². The van der Waals surface area contributed by atoms with Gasteiger partial charge in [-0.3, -0.25) is 19.6 Å². The Labute approximate surface area is 159 Å². The molecule has 3 heterocycles. The fraction of sp³-hybridized carbons (Fsp3) is 0.700. The Kier molecular flexibility index (Phi) is 5.38. The number of nitrogens with one attached hydrogen (secondary N) is 1. The van der Waals surface area contributed by atoms with Gasteiger partial charge >= 0.3 is 0 Å². The number of piperidine rings is 1. The summed E-state index contributed by atoms with van der Waals surface area (Å²) in [4.78, 5) is 35.4. The van der Waals surface area contributed by atoms with Gasteiger partial charge in [0.1, 0.15) is 0 Å². The highest BCUT2D eigenvalue weighted by atomic mass is 16.5. The molecule has 2 saturated heterocycles. The fourth-order valence-electron chi connectivity index (χ4n) is 4.45. The number of amides is 2. The molecule has 2 aliphatic heterocycles. The van der Waals surface area contributed by atoms with Gasteiger partial charge in [-0.15, -0.1) is 0 Å². The van der Waals surface area contributed by atoms with Crippen molar-refractivity contribution in [3.05, 3.63) is 24.3 Å². The SMILES string of the molecule is O=C(CCc1cnccn1)N1CCC2(C(=O)NCC3CCOCC3)CC2C1. The van der Waals surface area contributed by atoms with E-state index in [9.17, 15) is 9.59 Å². The minimum atomic E-state index is -0.215. The predicted octanol–water partition coefficient (Wildman–Crippen LogP) is 1.19. The number of likely N-dealkylation sites (tertiary alicyclic amines) is 1. The third kappa shape index (κ3) is 4.13. The molecule has 0 bridgehead atoms. The molecule has 7 nitrogen and oxygen atoms in total. The van der Waals surface area contributed by atoms with E-state index in [1.807, 2.05) is 4.90 Å². The highest BCUT2D eigenvalue weighted by Gasteiger charge is 2.61. The van der Waals surface area contributed by atoms with Crippen LogP contribution in [0.15, 0.2) is 18.6 Å². The molecule has 27 heavy (non-hydrogen) atoms. The van der Waals surface area contributed by atoms with Crippen molar-refractivity contribution in [2.75, 3.05) is 32.8 Å². The van der Waals surface area contributed by atoms with Gasteiger partial charge in [0, 0.05) is 57.9 Å². The topological polar surface area (TPSA) is 84.4 Å². The van der Waals surface area contributed by atoms with Gasteiger partial charge in [-0.1, -0.05) is 0 Å². The summed E-state index contributed by atoms with van der Waals surface area (Å²) >= 11 is 0. The Bertz CT molecular complexity index is 677. The molecule has 2 amide bonds. The molecular formula is C20H28N4O3. The van der Waals surface area contributed by atoms with Crippen LogP contribution < -0.4 is 5.32 Å². The molecule has 7 heteroatoms. The Morgan fingerprint density at radius 3 is 2.89 bits per heavy atom. The van der Waals surface area contributed by atoms with Crippen LogP contribution in [0.5, 0.6) is 0 Å². The minimum absolute atomic E-state index is 0.156. The lowest BCUT2D eigenvalue weighted by Crippen LogP contribution is -2.45. The van der Waals surface area contributed by atoms with Crippen molar-refractivity contribution in [2.45, 2.75) is 38.5 Å². The number of nitrogens with zero attached hydrogens (tertiary/aromatic N) is 3. The summed E-state index contributed by atoms with van der Waals surface area (Å²) in [5, 5.41) is 3.18. The van der Waals surface area contributed by atoms with Gasteiger partial charge in [-0.05, 0) is 43.9 Å². The smallest absolute Gasteiger partial charge is 0.226 e. The van der Waals surface area contributed by atoms with Gasteiger partial charge in [0.15, 0.2) is 0 Å². The summed E-state index contributed by atoms with van der Waals surface area (Å²) in [5.74, 6) is 1.22. The van der Waals surface area contributed by atoms with Crippen molar-refractivity contribution in [1.29, 1.82) is 0 Å². The molecule has 1 saturated carbocycles. The number of aryl methyl sites for hydroxylation is 1. The van der Waals surface area contributed by atoms with Gasteiger partial charge in [0.25, 0.3) is 0 Å². The van der Waals surface area contributed by atoms with Crippen molar-refractivity contribution in [2.24, 2.45) is 17.3 Å². The van der Waals surface area contributed by atoms with Gasteiger partial charge in [-0.25, -0.2) is 0 Å². The van der Waals surface area contributed by atoms with Crippen molar-refractivity contribution in [3.63, 3.8) is 0 Å². The molecule has 0 spiro atoms. The van der Waals surface area contributed by atoms with E-state index in [1.54, 1.807) is 18.6 Å². The molecule has 1 aromatic heterocycles. The first-order valence-corrected chi connectivity index (χ1v) is 10.1. The zero-order chi connectivity index (χ0) is 18.7. The van der Waals surface area contributed by atoms with E-state index in [-0.39, 0.29) is 17.2 Å². The van der Waals surface area contributed by atoms with Crippen LogP contribution in [-0.4, -0.2) is 59.5 Å². The number of carbonyl (C=O) groups is 2. The van der Waals surface area contributed by atoms with Crippen LogP contribution in [0.3, 0.4) is 0 Å². The lowest BCUT2D eigenvalue weighted by molar-refractivity contribution is -0.136. The summed E-state index contributed by atoms with van der Waals surface area (Å²) < 4.78 is 5.38. The standard InChI is InChI=1S/C20H28N4O3/c25-18(2-1-17-13-21-6-7-22-17)24-8-5-20(11-16(20)14-24)19(26)23-12-15-3-9-27-10-4-15/h6-7,13,15-16H,1-5,8-12,14H2,(H,23,26). The maximum Gasteiger partial charge on any atom is 0.226 e. The molecule has 1 N–H and O–H groups in total. The van der Waals surface area contributed by atoms with E-state index in [1.165, 1.54) is 0 Å². The van der Waals surface area contributed by atoms with Gasteiger partial charge < -0.3 is 15.0 Å². The fourth-order valence-corrected chi connectivity index (χ4v) is 4.45. The maximum absolute atomic E-state index is 12.7. The number of hydrogen-bond acceptors (Lipinski definition) is 5. The summed E-state index contributed by atoms with van der Waals surface area (Å²) in [6.45, 7) is 3.77. The number of aromatic nitrogens is 2. The summed E-state index contributed by atoms with van der Waals surface area (Å²) in [6.07, 6.45) is 9.83. The average molecular weight is 372 g/mol. The van der Waals surface area contributed by atoms with Crippen LogP contribution >= 0.6 is 0 Å². The number of carbonyl (C=O) groups excluding carboxylic acids is 2. The van der Waals surface area contributed by atoms with Crippen LogP contribution in [0.25, 0.3) is 0 Å². The van der Waals surface area contributed by atoms with E-state index < -0.39 is 0 Å². The molecular weight excluding hydrogens is 344 g/mol. The third-order valence-corrected chi connectivity index (χ3v) is 6.41. The molecule has 146 valence electrons. The molecule has 1 aromatic rings. The molecule has 4 rings (SSSR count). The molecule has 2 unspecified atom stereocenters. The monoisotopic (exact) mass is 372 g/mol. The van der Waals surface area contributed by atoms with Crippen LogP contribution in [-0.2, 0) is 20.7 Å². The zero-order valence-corrected chi connectivity index (χ0v) is 15.7. The first-order valence-electron chi connectivity index (χ1n) is 10.1. The number of ether oxygens (including phenoxy) is 1. The second-order valence-electron chi connectivity index (χ2n) is 8.11. The Balaban J connectivity index is 1.22. The maximum atomic E-state index is 12.7. The second kappa shape index (κ2) is 7.92. The van der Waals surface area contributed by atoms with E-state index in [4.69, 9.17) is 4.74 Å². The Hall–Kier alpha value is -2.02. The first-order chi connectivity index (χ1) is 13.2.